The van der Waals surface area contributed by atoms with E-state index in [0.29, 0.717) is 0 Å². The van der Waals surface area contributed by atoms with Gasteiger partial charge in [-0.2, -0.15) is 11.8 Å². The molecule has 0 saturated carbocycles. The quantitative estimate of drug-likeness (QED) is 0.856. The fourth-order valence-corrected chi connectivity index (χ4v) is 3.31. The molecule has 2 aromatic rings. The summed E-state index contributed by atoms with van der Waals surface area (Å²) in [6.45, 7) is 1.03. The highest BCUT2D eigenvalue weighted by atomic mass is 32.2. The first kappa shape index (κ1) is 10.0. The van der Waals surface area contributed by atoms with Crippen molar-refractivity contribution in [3.05, 3.63) is 24.3 Å². The molecule has 84 valence electrons. The number of benzene rings is 1. The van der Waals surface area contributed by atoms with Gasteiger partial charge in [-0.1, -0.05) is 12.1 Å². The molecule has 1 aliphatic heterocycles. The Morgan fingerprint density at radius 2 is 2.38 bits per heavy atom. The van der Waals surface area contributed by atoms with Crippen molar-refractivity contribution in [1.82, 2.24) is 9.97 Å². The van der Waals surface area contributed by atoms with Crippen LogP contribution in [0, 0.1) is 5.92 Å². The van der Waals surface area contributed by atoms with Gasteiger partial charge in [0.2, 0.25) is 5.95 Å². The van der Waals surface area contributed by atoms with Gasteiger partial charge in [0.1, 0.15) is 0 Å². The maximum Gasteiger partial charge on any atom is 0.201 e. The van der Waals surface area contributed by atoms with Gasteiger partial charge < -0.3 is 10.3 Å². The Kier molecular flexibility index (Phi) is 2.74. The molecule has 1 aromatic carbocycles. The molecule has 0 amide bonds. The topological polar surface area (TPSA) is 40.7 Å². The lowest BCUT2D eigenvalue weighted by Crippen LogP contribution is -2.14. The molecule has 1 fully saturated rings. The summed E-state index contributed by atoms with van der Waals surface area (Å²) in [6.07, 6.45) is 1.33. The highest BCUT2D eigenvalue weighted by Crippen LogP contribution is 2.23. The summed E-state index contributed by atoms with van der Waals surface area (Å²) in [5.41, 5.74) is 2.14. The number of nitrogens with zero attached hydrogens (tertiary/aromatic N) is 1. The smallest absolute Gasteiger partial charge is 0.201 e. The summed E-state index contributed by atoms with van der Waals surface area (Å²) in [5.74, 6) is 4.30. The van der Waals surface area contributed by atoms with E-state index in [9.17, 15) is 0 Å². The third kappa shape index (κ3) is 2.02. The second-order valence-corrected chi connectivity index (χ2v) is 5.36. The number of H-pyrrole nitrogens is 1. The lowest BCUT2D eigenvalue weighted by molar-refractivity contribution is 0.629. The minimum atomic E-state index is 0.804. The Labute approximate surface area is 99.0 Å². The second kappa shape index (κ2) is 4.37. The second-order valence-electron chi connectivity index (χ2n) is 4.21. The van der Waals surface area contributed by atoms with Crippen molar-refractivity contribution >= 4 is 28.7 Å². The van der Waals surface area contributed by atoms with Gasteiger partial charge in [-0.05, 0) is 36.0 Å². The number of aromatic nitrogens is 2. The van der Waals surface area contributed by atoms with Crippen LogP contribution < -0.4 is 5.32 Å². The van der Waals surface area contributed by atoms with Gasteiger partial charge in [0, 0.05) is 6.54 Å². The Bertz CT molecular complexity index is 441. The zero-order valence-corrected chi connectivity index (χ0v) is 9.89. The summed E-state index contributed by atoms with van der Waals surface area (Å²) in [7, 11) is 0. The summed E-state index contributed by atoms with van der Waals surface area (Å²) in [6, 6.07) is 8.12. The number of aromatic amines is 1. The molecule has 2 heterocycles. The van der Waals surface area contributed by atoms with Crippen LogP contribution in [0.3, 0.4) is 0 Å². The molecule has 0 radical (unpaired) electrons. The molecule has 0 aliphatic carbocycles. The van der Waals surface area contributed by atoms with Crippen LogP contribution in [0.15, 0.2) is 24.3 Å². The third-order valence-electron chi connectivity index (χ3n) is 2.97. The Hall–Kier alpha value is -1.16. The van der Waals surface area contributed by atoms with Crippen molar-refractivity contribution in [1.29, 1.82) is 0 Å². The van der Waals surface area contributed by atoms with Gasteiger partial charge in [-0.25, -0.2) is 4.98 Å². The van der Waals surface area contributed by atoms with E-state index in [1.165, 1.54) is 17.9 Å². The molecule has 3 rings (SSSR count). The van der Waals surface area contributed by atoms with Crippen LogP contribution in [-0.4, -0.2) is 28.0 Å². The van der Waals surface area contributed by atoms with Crippen molar-refractivity contribution in [2.45, 2.75) is 6.42 Å². The standard InChI is InChI=1S/C12H15N3S/c1-2-4-11-10(3-1)14-12(15-11)13-7-9-5-6-16-8-9/h1-4,9H,5-8H2,(H2,13,14,15). The van der Waals surface area contributed by atoms with E-state index in [1.54, 1.807) is 0 Å². The first-order valence-electron chi connectivity index (χ1n) is 5.68. The normalized spacial score (nSPS) is 20.4. The van der Waals surface area contributed by atoms with Crippen LogP contribution in [0.2, 0.25) is 0 Å². The number of para-hydroxylation sites is 2. The van der Waals surface area contributed by atoms with Crippen molar-refractivity contribution in [3.8, 4) is 0 Å². The fourth-order valence-electron chi connectivity index (χ4n) is 2.02. The molecule has 0 bridgehead atoms. The monoisotopic (exact) mass is 233 g/mol. The van der Waals surface area contributed by atoms with Crippen LogP contribution in [0.4, 0.5) is 5.95 Å². The molecule has 1 saturated heterocycles. The van der Waals surface area contributed by atoms with Crippen molar-refractivity contribution in [2.24, 2.45) is 5.92 Å². The molecule has 0 spiro atoms. The van der Waals surface area contributed by atoms with Crippen LogP contribution in [0.1, 0.15) is 6.42 Å². The molecule has 1 unspecified atom stereocenters. The maximum atomic E-state index is 4.50. The highest BCUT2D eigenvalue weighted by Gasteiger charge is 2.15. The van der Waals surface area contributed by atoms with E-state index in [-0.39, 0.29) is 0 Å². The van der Waals surface area contributed by atoms with Crippen LogP contribution >= 0.6 is 11.8 Å². The number of hydrogen-bond acceptors (Lipinski definition) is 3. The van der Waals surface area contributed by atoms with E-state index in [1.807, 2.05) is 18.2 Å². The molecule has 1 aromatic heterocycles. The van der Waals surface area contributed by atoms with E-state index in [4.69, 9.17) is 0 Å². The first-order valence-corrected chi connectivity index (χ1v) is 6.83. The molecule has 2 N–H and O–H groups in total. The number of thioether (sulfide) groups is 1. The Balaban J connectivity index is 1.69. The first-order chi connectivity index (χ1) is 7.92. The molecular formula is C12H15N3S. The average Bonchev–Trinajstić information content (AvgIpc) is 2.95. The van der Waals surface area contributed by atoms with E-state index in [2.05, 4.69) is 33.1 Å². The minimum Gasteiger partial charge on any atom is -0.355 e. The van der Waals surface area contributed by atoms with E-state index >= 15 is 0 Å². The van der Waals surface area contributed by atoms with Crippen molar-refractivity contribution in [3.63, 3.8) is 0 Å². The number of hydrogen-bond donors (Lipinski definition) is 2. The van der Waals surface area contributed by atoms with E-state index < -0.39 is 0 Å². The number of fused-ring (bicyclic) bond motifs is 1. The third-order valence-corrected chi connectivity index (χ3v) is 4.20. The zero-order chi connectivity index (χ0) is 10.8. The molecule has 3 nitrogen and oxygen atoms in total. The van der Waals surface area contributed by atoms with Gasteiger partial charge in [0.25, 0.3) is 0 Å². The Morgan fingerprint density at radius 3 is 3.19 bits per heavy atom. The predicted molar refractivity (Wildman–Crippen MR) is 70.0 cm³/mol. The lowest BCUT2D eigenvalue weighted by atomic mass is 10.1. The van der Waals surface area contributed by atoms with Gasteiger partial charge in [-0.3, -0.25) is 0 Å². The van der Waals surface area contributed by atoms with Crippen LogP contribution in [-0.2, 0) is 0 Å². The van der Waals surface area contributed by atoms with Crippen LogP contribution in [0.5, 0.6) is 0 Å². The number of rotatable bonds is 3. The molecule has 1 aliphatic rings. The highest BCUT2D eigenvalue weighted by molar-refractivity contribution is 7.99. The number of imidazole rings is 1. The molecule has 16 heavy (non-hydrogen) atoms. The van der Waals surface area contributed by atoms with E-state index in [0.717, 1.165) is 29.4 Å². The number of anilines is 1. The predicted octanol–water partition coefficient (Wildman–Crippen LogP) is 2.73. The summed E-state index contributed by atoms with van der Waals surface area (Å²) < 4.78 is 0. The molecule has 4 heteroatoms. The molecule has 1 atom stereocenters. The summed E-state index contributed by atoms with van der Waals surface area (Å²) in [5, 5.41) is 3.40. The van der Waals surface area contributed by atoms with Crippen molar-refractivity contribution < 1.29 is 0 Å². The number of nitrogens with one attached hydrogen (secondary N) is 2. The van der Waals surface area contributed by atoms with Gasteiger partial charge >= 0.3 is 0 Å². The Morgan fingerprint density at radius 1 is 1.44 bits per heavy atom. The van der Waals surface area contributed by atoms with Gasteiger partial charge in [0.15, 0.2) is 0 Å². The van der Waals surface area contributed by atoms with Crippen molar-refractivity contribution in [2.75, 3.05) is 23.4 Å². The minimum absolute atomic E-state index is 0.804. The summed E-state index contributed by atoms with van der Waals surface area (Å²) in [4.78, 5) is 7.79. The SMILES string of the molecule is c1ccc2[nH]c(NCC3CCSC3)nc2c1. The largest absolute Gasteiger partial charge is 0.355 e. The maximum absolute atomic E-state index is 4.50. The summed E-state index contributed by atoms with van der Waals surface area (Å²) >= 11 is 2.05. The zero-order valence-electron chi connectivity index (χ0n) is 9.07. The lowest BCUT2D eigenvalue weighted by Gasteiger charge is -2.08. The average molecular weight is 233 g/mol. The van der Waals surface area contributed by atoms with Crippen LogP contribution in [0.25, 0.3) is 11.0 Å². The fraction of sp³-hybridized carbons (Fsp3) is 0.417. The van der Waals surface area contributed by atoms with Gasteiger partial charge in [0.05, 0.1) is 11.0 Å². The molecular weight excluding hydrogens is 218 g/mol. The van der Waals surface area contributed by atoms with Gasteiger partial charge in [-0.15, -0.1) is 0 Å².